The molecule has 1 fully saturated rings. The third-order valence-electron chi connectivity index (χ3n) is 4.56. The first-order chi connectivity index (χ1) is 13.0. The molecule has 8 nitrogen and oxygen atoms in total. The van der Waals surface area contributed by atoms with Crippen LogP contribution in [0.2, 0.25) is 0 Å². The minimum Gasteiger partial charge on any atom is -0.449 e. The van der Waals surface area contributed by atoms with Gasteiger partial charge in [-0.25, -0.2) is 4.79 Å². The minimum absolute atomic E-state index is 0.0518. The molecule has 8 heteroatoms. The number of ether oxygens (including phenoxy) is 1. The number of nitrogens with one attached hydrogen (secondary N) is 1. The topological polar surface area (TPSA) is 102 Å². The molecule has 0 aliphatic carbocycles. The number of benzene rings is 1. The molecule has 0 unspecified atom stereocenters. The quantitative estimate of drug-likeness (QED) is 0.469. The zero-order valence-electron chi connectivity index (χ0n) is 17.2. The Bertz CT molecular complexity index is 757. The zero-order valence-corrected chi connectivity index (χ0v) is 17.2. The van der Waals surface area contributed by atoms with Gasteiger partial charge in [0.05, 0.1) is 10.5 Å². The second-order valence-electron chi connectivity index (χ2n) is 8.44. The molecule has 0 radical (unpaired) electrons. The van der Waals surface area contributed by atoms with Crippen LogP contribution in [-0.4, -0.2) is 41.5 Å². The van der Waals surface area contributed by atoms with Gasteiger partial charge in [-0.1, -0.05) is 6.92 Å². The van der Waals surface area contributed by atoms with Crippen molar-refractivity contribution in [2.24, 2.45) is 5.92 Å². The van der Waals surface area contributed by atoms with Gasteiger partial charge in [-0.2, -0.15) is 0 Å². The standard InChI is InChI=1S/C20H29N3O5/c1-13-7-6-10-22(12-13)16-9-8-15(11-17(16)23(26)27)19(25)28-14(2)18(24)21-20(3,4)5/h8-9,11,13-14H,6-7,10,12H2,1-5H3,(H,21,24)/t13-,14+/m1/s1. The van der Waals surface area contributed by atoms with Crippen LogP contribution >= 0.6 is 0 Å². The lowest BCUT2D eigenvalue weighted by molar-refractivity contribution is -0.384. The van der Waals surface area contributed by atoms with E-state index in [4.69, 9.17) is 4.74 Å². The summed E-state index contributed by atoms with van der Waals surface area (Å²) in [7, 11) is 0. The van der Waals surface area contributed by atoms with Crippen LogP contribution in [0.1, 0.15) is 57.8 Å². The number of carbonyl (C=O) groups excluding carboxylic acids is 2. The van der Waals surface area contributed by atoms with E-state index in [1.54, 1.807) is 6.07 Å². The highest BCUT2D eigenvalue weighted by molar-refractivity contribution is 5.93. The highest BCUT2D eigenvalue weighted by atomic mass is 16.6. The molecular weight excluding hydrogens is 362 g/mol. The number of carbonyl (C=O) groups is 2. The van der Waals surface area contributed by atoms with Crippen LogP contribution in [0.5, 0.6) is 0 Å². The first kappa shape index (κ1) is 21.7. The van der Waals surface area contributed by atoms with Crippen molar-refractivity contribution < 1.29 is 19.2 Å². The Labute approximate surface area is 165 Å². The van der Waals surface area contributed by atoms with E-state index in [2.05, 4.69) is 12.2 Å². The molecular formula is C20H29N3O5. The van der Waals surface area contributed by atoms with Gasteiger partial charge in [0.15, 0.2) is 6.10 Å². The summed E-state index contributed by atoms with van der Waals surface area (Å²) in [5.74, 6) is -0.729. The smallest absolute Gasteiger partial charge is 0.339 e. The molecule has 1 saturated heterocycles. The Morgan fingerprint density at radius 2 is 2.04 bits per heavy atom. The molecule has 28 heavy (non-hydrogen) atoms. The van der Waals surface area contributed by atoms with E-state index in [9.17, 15) is 19.7 Å². The number of nitrogens with zero attached hydrogens (tertiary/aromatic N) is 2. The highest BCUT2D eigenvalue weighted by Crippen LogP contribution is 2.32. The predicted octanol–water partition coefficient (Wildman–Crippen LogP) is 3.29. The zero-order chi connectivity index (χ0) is 21.1. The van der Waals surface area contributed by atoms with E-state index in [1.807, 2.05) is 25.7 Å². The second kappa shape index (κ2) is 8.58. The maximum Gasteiger partial charge on any atom is 0.339 e. The van der Waals surface area contributed by atoms with Crippen LogP contribution in [0, 0.1) is 16.0 Å². The van der Waals surface area contributed by atoms with Gasteiger partial charge in [-0.3, -0.25) is 14.9 Å². The molecule has 1 heterocycles. The summed E-state index contributed by atoms with van der Waals surface area (Å²) in [4.78, 5) is 37.6. The van der Waals surface area contributed by atoms with E-state index in [0.29, 0.717) is 11.6 Å². The largest absolute Gasteiger partial charge is 0.449 e. The van der Waals surface area contributed by atoms with Crippen molar-refractivity contribution in [3.63, 3.8) is 0 Å². The third kappa shape index (κ3) is 5.68. The maximum absolute atomic E-state index is 12.4. The lowest BCUT2D eigenvalue weighted by atomic mass is 9.99. The number of esters is 1. The van der Waals surface area contributed by atoms with Crippen LogP contribution < -0.4 is 10.2 Å². The monoisotopic (exact) mass is 391 g/mol. The number of nitro benzene ring substituents is 1. The fourth-order valence-electron chi connectivity index (χ4n) is 3.23. The molecule has 2 rings (SSSR count). The lowest BCUT2D eigenvalue weighted by Gasteiger charge is -2.32. The SMILES string of the molecule is C[C@@H]1CCCN(c2ccc(C(=O)O[C@@H](C)C(=O)NC(C)(C)C)cc2[N+](=O)[O-])C1. The predicted molar refractivity (Wildman–Crippen MR) is 106 cm³/mol. The van der Waals surface area contributed by atoms with Crippen LogP contribution in [-0.2, 0) is 9.53 Å². The lowest BCUT2D eigenvalue weighted by Crippen LogP contribution is -2.46. The van der Waals surface area contributed by atoms with Gasteiger partial charge in [0, 0.05) is 24.7 Å². The van der Waals surface area contributed by atoms with Gasteiger partial charge < -0.3 is 15.0 Å². The van der Waals surface area contributed by atoms with Crippen molar-refractivity contribution in [1.29, 1.82) is 0 Å². The molecule has 0 spiro atoms. The van der Waals surface area contributed by atoms with E-state index in [-0.39, 0.29) is 11.3 Å². The van der Waals surface area contributed by atoms with Crippen LogP contribution in [0.15, 0.2) is 18.2 Å². The van der Waals surface area contributed by atoms with Gasteiger partial charge >= 0.3 is 5.97 Å². The normalized spacial score (nSPS) is 18.3. The molecule has 1 aliphatic rings. The molecule has 1 aromatic rings. The van der Waals surface area contributed by atoms with Gasteiger partial charge in [0.1, 0.15) is 5.69 Å². The molecule has 1 aliphatic heterocycles. The number of rotatable bonds is 5. The van der Waals surface area contributed by atoms with Gasteiger partial charge in [-0.15, -0.1) is 0 Å². The summed E-state index contributed by atoms with van der Waals surface area (Å²) in [6.45, 7) is 10.5. The Balaban J connectivity index is 2.17. The average Bonchev–Trinajstić information content (AvgIpc) is 2.59. The Morgan fingerprint density at radius 3 is 2.61 bits per heavy atom. The van der Waals surface area contributed by atoms with Crippen LogP contribution in [0.3, 0.4) is 0 Å². The van der Waals surface area contributed by atoms with Gasteiger partial charge in [-0.05, 0) is 58.6 Å². The fraction of sp³-hybridized carbons (Fsp3) is 0.600. The Morgan fingerprint density at radius 1 is 1.36 bits per heavy atom. The van der Waals surface area contributed by atoms with Crippen LogP contribution in [0.25, 0.3) is 0 Å². The first-order valence-electron chi connectivity index (χ1n) is 9.54. The van der Waals surface area contributed by atoms with Crippen molar-refractivity contribution >= 4 is 23.3 Å². The van der Waals surface area contributed by atoms with Crippen molar-refractivity contribution in [1.82, 2.24) is 5.32 Å². The van der Waals surface area contributed by atoms with Crippen molar-refractivity contribution in [2.45, 2.75) is 59.1 Å². The Kier molecular flexibility index (Phi) is 6.64. The average molecular weight is 391 g/mol. The molecule has 0 bridgehead atoms. The number of hydrogen-bond donors (Lipinski definition) is 1. The van der Waals surface area contributed by atoms with Crippen LogP contribution in [0.4, 0.5) is 11.4 Å². The number of anilines is 1. The minimum atomic E-state index is -1.01. The third-order valence-corrected chi connectivity index (χ3v) is 4.56. The summed E-state index contributed by atoms with van der Waals surface area (Å²) in [5, 5.41) is 14.3. The number of amides is 1. The Hall–Kier alpha value is -2.64. The fourth-order valence-corrected chi connectivity index (χ4v) is 3.23. The molecule has 154 valence electrons. The maximum atomic E-state index is 12.4. The molecule has 0 aromatic heterocycles. The molecule has 2 atom stereocenters. The van der Waals surface area contributed by atoms with E-state index >= 15 is 0 Å². The van der Waals surface area contributed by atoms with Gasteiger partial charge in [0.25, 0.3) is 11.6 Å². The van der Waals surface area contributed by atoms with Crippen molar-refractivity contribution in [2.75, 3.05) is 18.0 Å². The summed E-state index contributed by atoms with van der Waals surface area (Å²) < 4.78 is 5.19. The summed E-state index contributed by atoms with van der Waals surface area (Å²) in [6.07, 6.45) is 1.07. The van der Waals surface area contributed by atoms with E-state index < -0.39 is 28.4 Å². The highest BCUT2D eigenvalue weighted by Gasteiger charge is 2.27. The number of hydrogen-bond acceptors (Lipinski definition) is 6. The number of piperidine rings is 1. The molecule has 0 saturated carbocycles. The molecule has 1 aromatic carbocycles. The summed E-state index contributed by atoms with van der Waals surface area (Å²) >= 11 is 0. The van der Waals surface area contributed by atoms with Crippen molar-refractivity contribution in [3.05, 3.63) is 33.9 Å². The van der Waals surface area contributed by atoms with Crippen molar-refractivity contribution in [3.8, 4) is 0 Å². The van der Waals surface area contributed by atoms with E-state index in [1.165, 1.54) is 19.1 Å². The van der Waals surface area contributed by atoms with E-state index in [0.717, 1.165) is 25.9 Å². The van der Waals surface area contributed by atoms with Gasteiger partial charge in [0.2, 0.25) is 0 Å². The second-order valence-corrected chi connectivity index (χ2v) is 8.44. The number of nitro groups is 1. The summed E-state index contributed by atoms with van der Waals surface area (Å²) in [6, 6.07) is 4.33. The molecule has 1 amide bonds. The molecule has 1 N–H and O–H groups in total. The first-order valence-corrected chi connectivity index (χ1v) is 9.54. The summed E-state index contributed by atoms with van der Waals surface area (Å²) in [5.41, 5.74) is -0.0260.